The lowest BCUT2D eigenvalue weighted by Crippen LogP contribution is -2.11. The van der Waals surface area contributed by atoms with Crippen molar-refractivity contribution in [1.82, 2.24) is 9.55 Å². The fraction of sp³-hybridized carbons (Fsp3) is 0.429. The van der Waals surface area contributed by atoms with Crippen molar-refractivity contribution < 1.29 is 4.79 Å². The van der Waals surface area contributed by atoms with Crippen molar-refractivity contribution in [2.75, 3.05) is 0 Å². The van der Waals surface area contributed by atoms with Crippen LogP contribution in [0.4, 0.5) is 0 Å². The minimum Gasteiger partial charge on any atom is -0.325 e. The van der Waals surface area contributed by atoms with E-state index in [4.69, 9.17) is 0 Å². The van der Waals surface area contributed by atoms with Crippen LogP contribution in [-0.2, 0) is 11.2 Å². The van der Waals surface area contributed by atoms with Crippen molar-refractivity contribution in [1.29, 1.82) is 0 Å². The molecule has 1 atom stereocenters. The molecule has 0 aliphatic rings. The molecule has 0 saturated carbocycles. The summed E-state index contributed by atoms with van der Waals surface area (Å²) in [5.74, 6) is 1.28. The Morgan fingerprint density at radius 1 is 1.41 bits per heavy atom. The third-order valence-corrected chi connectivity index (χ3v) is 3.01. The van der Waals surface area contributed by atoms with E-state index >= 15 is 0 Å². The Bertz CT molecular complexity index is 542. The number of hydrogen-bond donors (Lipinski definition) is 0. The van der Waals surface area contributed by atoms with Crippen LogP contribution in [-0.4, -0.2) is 15.3 Å². The molecular weight excluding hydrogens is 212 g/mol. The number of aryl methyl sites for hydroxylation is 1. The molecule has 0 N–H and O–H groups in total. The smallest absolute Gasteiger partial charge is 0.131 e. The Balaban J connectivity index is 2.53. The lowest BCUT2D eigenvalue weighted by Gasteiger charge is -2.15. The maximum Gasteiger partial charge on any atom is 0.131 e. The molecule has 1 heterocycles. The molecule has 1 unspecified atom stereocenters. The van der Waals surface area contributed by atoms with E-state index in [2.05, 4.69) is 29.5 Å². The molecule has 0 saturated heterocycles. The quantitative estimate of drug-likeness (QED) is 0.808. The molecule has 1 aromatic carbocycles. The molecule has 0 spiro atoms. The molecule has 3 nitrogen and oxygen atoms in total. The summed E-state index contributed by atoms with van der Waals surface area (Å²) < 4.78 is 2.19. The Hall–Kier alpha value is -1.64. The zero-order valence-electron chi connectivity index (χ0n) is 10.6. The molecule has 0 bridgehead atoms. The van der Waals surface area contributed by atoms with Crippen LogP contribution < -0.4 is 0 Å². The van der Waals surface area contributed by atoms with Gasteiger partial charge in [-0.15, -0.1) is 0 Å². The van der Waals surface area contributed by atoms with Crippen LogP contribution in [0.5, 0.6) is 0 Å². The number of Topliss-reactive ketones (excluding diaryl/α,β-unsaturated/α-hetero) is 1. The molecule has 0 aliphatic carbocycles. The van der Waals surface area contributed by atoms with Crippen molar-refractivity contribution >= 4 is 16.8 Å². The number of imidazole rings is 1. The van der Waals surface area contributed by atoms with Gasteiger partial charge in [-0.1, -0.05) is 19.1 Å². The maximum absolute atomic E-state index is 11.3. The van der Waals surface area contributed by atoms with Crippen molar-refractivity contribution in [2.24, 2.45) is 0 Å². The first-order valence-electron chi connectivity index (χ1n) is 6.08. The summed E-state index contributed by atoms with van der Waals surface area (Å²) in [5.41, 5.74) is 2.14. The van der Waals surface area contributed by atoms with Crippen LogP contribution in [0.15, 0.2) is 24.3 Å². The van der Waals surface area contributed by atoms with E-state index in [1.165, 1.54) is 0 Å². The SMILES string of the molecule is CCc1nc2ccccc2n1C(C)CC(C)=O. The Morgan fingerprint density at radius 2 is 2.12 bits per heavy atom. The summed E-state index contributed by atoms with van der Waals surface area (Å²) in [6, 6.07) is 8.27. The van der Waals surface area contributed by atoms with Gasteiger partial charge in [0.15, 0.2) is 0 Å². The van der Waals surface area contributed by atoms with Crippen LogP contribution in [0.1, 0.15) is 39.1 Å². The zero-order chi connectivity index (χ0) is 12.4. The first-order valence-corrected chi connectivity index (χ1v) is 6.08. The molecular formula is C14H18N2O. The van der Waals surface area contributed by atoms with Gasteiger partial charge in [-0.05, 0) is 26.0 Å². The minimum atomic E-state index is 0.176. The maximum atomic E-state index is 11.3. The first kappa shape index (κ1) is 11.8. The van der Waals surface area contributed by atoms with Gasteiger partial charge in [0.1, 0.15) is 11.6 Å². The molecule has 0 aliphatic heterocycles. The monoisotopic (exact) mass is 230 g/mol. The van der Waals surface area contributed by atoms with E-state index < -0.39 is 0 Å². The van der Waals surface area contributed by atoms with E-state index in [1.807, 2.05) is 18.2 Å². The second-order valence-corrected chi connectivity index (χ2v) is 4.50. The van der Waals surface area contributed by atoms with Crippen LogP contribution >= 0.6 is 0 Å². The summed E-state index contributed by atoms with van der Waals surface area (Å²) >= 11 is 0. The molecule has 0 radical (unpaired) electrons. The fourth-order valence-corrected chi connectivity index (χ4v) is 2.34. The first-order chi connectivity index (χ1) is 8.13. The topological polar surface area (TPSA) is 34.9 Å². The number of benzene rings is 1. The molecule has 90 valence electrons. The number of para-hydroxylation sites is 2. The number of aromatic nitrogens is 2. The van der Waals surface area contributed by atoms with E-state index in [0.29, 0.717) is 6.42 Å². The number of ketones is 1. The Morgan fingerprint density at radius 3 is 2.76 bits per heavy atom. The summed E-state index contributed by atoms with van der Waals surface area (Å²) in [6.45, 7) is 5.81. The predicted molar refractivity (Wildman–Crippen MR) is 69.1 cm³/mol. The van der Waals surface area contributed by atoms with Gasteiger partial charge in [0.05, 0.1) is 11.0 Å². The van der Waals surface area contributed by atoms with Gasteiger partial charge in [0, 0.05) is 18.9 Å². The van der Waals surface area contributed by atoms with Gasteiger partial charge < -0.3 is 4.57 Å². The second-order valence-electron chi connectivity index (χ2n) is 4.50. The molecule has 0 fully saturated rings. The molecule has 1 aromatic heterocycles. The summed E-state index contributed by atoms with van der Waals surface area (Å²) in [6.07, 6.45) is 1.45. The van der Waals surface area contributed by atoms with Crippen LogP contribution in [0.25, 0.3) is 11.0 Å². The van der Waals surface area contributed by atoms with E-state index in [-0.39, 0.29) is 11.8 Å². The minimum absolute atomic E-state index is 0.176. The van der Waals surface area contributed by atoms with Crippen molar-refractivity contribution in [3.05, 3.63) is 30.1 Å². The molecule has 0 amide bonds. The number of carbonyl (C=O) groups excluding carboxylic acids is 1. The highest BCUT2D eigenvalue weighted by Crippen LogP contribution is 2.23. The third kappa shape index (κ3) is 2.23. The summed E-state index contributed by atoms with van der Waals surface area (Å²) in [4.78, 5) is 15.9. The fourth-order valence-electron chi connectivity index (χ4n) is 2.34. The van der Waals surface area contributed by atoms with Crippen molar-refractivity contribution in [3.8, 4) is 0 Å². The second kappa shape index (κ2) is 4.70. The lowest BCUT2D eigenvalue weighted by molar-refractivity contribution is -0.117. The standard InChI is InChI=1S/C14H18N2O/c1-4-14-15-12-7-5-6-8-13(12)16(14)10(2)9-11(3)17/h5-8,10H,4,9H2,1-3H3. The number of fused-ring (bicyclic) bond motifs is 1. The molecule has 17 heavy (non-hydrogen) atoms. The number of carbonyl (C=O) groups is 1. The van der Waals surface area contributed by atoms with Crippen LogP contribution in [0.2, 0.25) is 0 Å². The highest BCUT2D eigenvalue weighted by atomic mass is 16.1. The average Bonchev–Trinajstić information content (AvgIpc) is 2.66. The summed E-state index contributed by atoms with van der Waals surface area (Å²) in [5, 5.41) is 0. The zero-order valence-corrected chi connectivity index (χ0v) is 10.6. The van der Waals surface area contributed by atoms with Crippen molar-refractivity contribution in [3.63, 3.8) is 0 Å². The van der Waals surface area contributed by atoms with E-state index in [0.717, 1.165) is 23.3 Å². The van der Waals surface area contributed by atoms with Gasteiger partial charge in [-0.2, -0.15) is 0 Å². The molecule has 2 aromatic rings. The number of nitrogens with zero attached hydrogens (tertiary/aromatic N) is 2. The molecule has 2 rings (SSSR count). The van der Waals surface area contributed by atoms with Crippen LogP contribution in [0, 0.1) is 0 Å². The Kier molecular flexibility index (Phi) is 3.27. The number of rotatable bonds is 4. The predicted octanol–water partition coefficient (Wildman–Crippen LogP) is 3.14. The van der Waals surface area contributed by atoms with Gasteiger partial charge in [0.2, 0.25) is 0 Å². The lowest BCUT2D eigenvalue weighted by atomic mass is 10.1. The molecule has 3 heteroatoms. The third-order valence-electron chi connectivity index (χ3n) is 3.01. The van der Waals surface area contributed by atoms with Gasteiger partial charge in [-0.3, -0.25) is 4.79 Å². The van der Waals surface area contributed by atoms with Gasteiger partial charge >= 0.3 is 0 Å². The van der Waals surface area contributed by atoms with Gasteiger partial charge in [-0.25, -0.2) is 4.98 Å². The normalized spacial score (nSPS) is 12.9. The van der Waals surface area contributed by atoms with Gasteiger partial charge in [0.25, 0.3) is 0 Å². The number of hydrogen-bond acceptors (Lipinski definition) is 2. The average molecular weight is 230 g/mol. The largest absolute Gasteiger partial charge is 0.325 e. The highest BCUT2D eigenvalue weighted by Gasteiger charge is 2.15. The van der Waals surface area contributed by atoms with E-state index in [1.54, 1.807) is 6.92 Å². The Labute approximate surface area is 101 Å². The highest BCUT2D eigenvalue weighted by molar-refractivity contribution is 5.78. The van der Waals surface area contributed by atoms with E-state index in [9.17, 15) is 4.79 Å². The van der Waals surface area contributed by atoms with Crippen molar-refractivity contribution in [2.45, 2.75) is 39.7 Å². The summed E-state index contributed by atoms with van der Waals surface area (Å²) in [7, 11) is 0. The van der Waals surface area contributed by atoms with Crippen LogP contribution in [0.3, 0.4) is 0 Å².